The number of imidazole rings is 1. The third-order valence-corrected chi connectivity index (χ3v) is 3.99. The minimum Gasteiger partial charge on any atom is -0.391 e. The molecule has 1 saturated heterocycles. The molecule has 0 bridgehead atoms. The molecule has 2 atom stereocenters. The molecule has 1 aliphatic rings. The summed E-state index contributed by atoms with van der Waals surface area (Å²) in [4.78, 5) is 4.42. The highest BCUT2D eigenvalue weighted by Crippen LogP contribution is 2.08. The van der Waals surface area contributed by atoms with Crippen molar-refractivity contribution in [3.05, 3.63) is 54.1 Å². The first-order chi connectivity index (χ1) is 10.3. The summed E-state index contributed by atoms with van der Waals surface area (Å²) in [6.45, 7) is 3.96. The molecule has 1 aromatic carbocycles. The van der Waals surface area contributed by atoms with E-state index < -0.39 is 0 Å². The van der Waals surface area contributed by atoms with E-state index in [0.29, 0.717) is 12.5 Å². The van der Waals surface area contributed by atoms with Gasteiger partial charge < -0.3 is 20.3 Å². The predicted molar refractivity (Wildman–Crippen MR) is 81.8 cm³/mol. The number of hydrogen-bond donors (Lipinski definition) is 3. The maximum absolute atomic E-state index is 9.77. The third kappa shape index (κ3) is 3.69. The molecule has 2 aromatic rings. The van der Waals surface area contributed by atoms with Crippen LogP contribution in [0.1, 0.15) is 11.4 Å². The minimum absolute atomic E-state index is 0.235. The van der Waals surface area contributed by atoms with Gasteiger partial charge in [-0.1, -0.05) is 30.3 Å². The number of hydrogen-bond acceptors (Lipinski definition) is 4. The van der Waals surface area contributed by atoms with Gasteiger partial charge in [0.15, 0.2) is 0 Å². The molecular formula is C16H22N4O. The van der Waals surface area contributed by atoms with E-state index in [-0.39, 0.29) is 6.10 Å². The van der Waals surface area contributed by atoms with E-state index >= 15 is 0 Å². The normalized spacial score (nSPS) is 21.8. The average molecular weight is 286 g/mol. The van der Waals surface area contributed by atoms with Crippen LogP contribution >= 0.6 is 0 Å². The van der Waals surface area contributed by atoms with Gasteiger partial charge >= 0.3 is 0 Å². The average Bonchev–Trinajstić information content (AvgIpc) is 3.10. The topological polar surface area (TPSA) is 62.1 Å². The molecule has 0 saturated carbocycles. The maximum Gasteiger partial charge on any atom is 0.122 e. The molecule has 0 amide bonds. The van der Waals surface area contributed by atoms with Crippen LogP contribution in [0, 0.1) is 5.92 Å². The lowest BCUT2D eigenvalue weighted by molar-refractivity contribution is 0.146. The fourth-order valence-corrected chi connectivity index (χ4v) is 2.73. The number of nitrogens with zero attached hydrogens (tertiary/aromatic N) is 2. The quantitative estimate of drug-likeness (QED) is 0.728. The number of nitrogens with one attached hydrogen (secondary N) is 2. The van der Waals surface area contributed by atoms with Gasteiger partial charge in [-0.3, -0.25) is 0 Å². The van der Waals surface area contributed by atoms with Crippen molar-refractivity contribution in [3.8, 4) is 0 Å². The molecule has 21 heavy (non-hydrogen) atoms. The molecule has 0 aliphatic carbocycles. The van der Waals surface area contributed by atoms with Crippen molar-refractivity contribution < 1.29 is 5.11 Å². The lowest BCUT2D eigenvalue weighted by Crippen LogP contribution is -2.30. The Hall–Kier alpha value is -1.69. The summed E-state index contributed by atoms with van der Waals surface area (Å²) in [5.74, 6) is 1.32. The molecule has 5 nitrogen and oxygen atoms in total. The summed E-state index contributed by atoms with van der Waals surface area (Å²) in [7, 11) is 0. The molecule has 0 radical (unpaired) electrons. The van der Waals surface area contributed by atoms with Gasteiger partial charge in [-0.05, 0) is 5.56 Å². The fraction of sp³-hybridized carbons (Fsp3) is 0.438. The molecule has 5 heteroatoms. The van der Waals surface area contributed by atoms with Crippen molar-refractivity contribution in [2.24, 2.45) is 5.92 Å². The van der Waals surface area contributed by atoms with Gasteiger partial charge in [0.05, 0.1) is 12.6 Å². The first-order valence-electron chi connectivity index (χ1n) is 7.46. The number of β-amino-alcohol motifs (C(OH)–C–C–N with tert-alkyl or cyclic N) is 1. The summed E-state index contributed by atoms with van der Waals surface area (Å²) in [5.41, 5.74) is 1.27. The Morgan fingerprint density at radius 1 is 1.29 bits per heavy atom. The zero-order valence-corrected chi connectivity index (χ0v) is 12.1. The van der Waals surface area contributed by atoms with Gasteiger partial charge in [-0.25, -0.2) is 4.98 Å². The van der Waals surface area contributed by atoms with E-state index in [1.807, 2.05) is 18.5 Å². The first kappa shape index (κ1) is 14.3. The number of rotatable bonds is 6. The van der Waals surface area contributed by atoms with Crippen molar-refractivity contribution in [2.45, 2.75) is 19.2 Å². The fourth-order valence-electron chi connectivity index (χ4n) is 2.73. The van der Waals surface area contributed by atoms with Crippen LogP contribution in [-0.2, 0) is 13.1 Å². The van der Waals surface area contributed by atoms with Crippen LogP contribution in [0.3, 0.4) is 0 Å². The Balaban J connectivity index is 1.53. The molecule has 3 rings (SSSR count). The second-order valence-electron chi connectivity index (χ2n) is 5.57. The Labute approximate surface area is 125 Å². The summed E-state index contributed by atoms with van der Waals surface area (Å²) >= 11 is 0. The van der Waals surface area contributed by atoms with Crippen LogP contribution in [-0.4, -0.2) is 40.4 Å². The Kier molecular flexibility index (Phi) is 4.65. The smallest absolute Gasteiger partial charge is 0.122 e. The Bertz CT molecular complexity index is 554. The summed E-state index contributed by atoms with van der Waals surface area (Å²) in [6.07, 6.45) is 3.61. The second kappa shape index (κ2) is 6.85. The van der Waals surface area contributed by atoms with Crippen molar-refractivity contribution in [1.82, 2.24) is 20.2 Å². The van der Waals surface area contributed by atoms with Crippen LogP contribution in [0.4, 0.5) is 0 Å². The van der Waals surface area contributed by atoms with E-state index in [4.69, 9.17) is 0 Å². The highest BCUT2D eigenvalue weighted by Gasteiger charge is 2.24. The van der Waals surface area contributed by atoms with E-state index in [9.17, 15) is 5.11 Å². The molecule has 1 fully saturated rings. The van der Waals surface area contributed by atoms with Crippen LogP contribution < -0.4 is 10.6 Å². The van der Waals surface area contributed by atoms with E-state index in [0.717, 1.165) is 32.0 Å². The molecular weight excluding hydrogens is 264 g/mol. The third-order valence-electron chi connectivity index (χ3n) is 3.99. The lowest BCUT2D eigenvalue weighted by Gasteiger charge is -2.14. The number of aliphatic hydroxyl groups is 1. The van der Waals surface area contributed by atoms with Gasteiger partial charge in [-0.2, -0.15) is 0 Å². The maximum atomic E-state index is 9.77. The number of aliphatic hydroxyl groups excluding tert-OH is 1. The van der Waals surface area contributed by atoms with Crippen molar-refractivity contribution in [1.29, 1.82) is 0 Å². The molecule has 1 aliphatic heterocycles. The second-order valence-corrected chi connectivity index (χ2v) is 5.57. The van der Waals surface area contributed by atoms with Gasteiger partial charge in [0.2, 0.25) is 0 Å². The zero-order chi connectivity index (χ0) is 14.5. The molecule has 1 aromatic heterocycles. The van der Waals surface area contributed by atoms with E-state index in [2.05, 4.69) is 44.5 Å². The molecule has 112 valence electrons. The zero-order valence-electron chi connectivity index (χ0n) is 12.1. The monoisotopic (exact) mass is 286 g/mol. The van der Waals surface area contributed by atoms with Gasteiger partial charge in [0, 0.05) is 44.5 Å². The molecule has 0 spiro atoms. The largest absolute Gasteiger partial charge is 0.391 e. The van der Waals surface area contributed by atoms with Gasteiger partial charge in [0.25, 0.3) is 0 Å². The van der Waals surface area contributed by atoms with E-state index in [1.54, 1.807) is 0 Å². The number of aromatic nitrogens is 2. The predicted octanol–water partition coefficient (Wildman–Crippen LogP) is 0.601. The van der Waals surface area contributed by atoms with Crippen LogP contribution in [0.5, 0.6) is 0 Å². The Morgan fingerprint density at radius 2 is 2.14 bits per heavy atom. The highest BCUT2D eigenvalue weighted by atomic mass is 16.3. The van der Waals surface area contributed by atoms with Crippen LogP contribution in [0.15, 0.2) is 42.7 Å². The van der Waals surface area contributed by atoms with Crippen molar-refractivity contribution in [3.63, 3.8) is 0 Å². The first-order valence-corrected chi connectivity index (χ1v) is 7.46. The lowest BCUT2D eigenvalue weighted by atomic mass is 10.1. The van der Waals surface area contributed by atoms with Crippen molar-refractivity contribution in [2.75, 3.05) is 19.6 Å². The summed E-state index contributed by atoms with van der Waals surface area (Å²) in [6, 6.07) is 10.4. The highest BCUT2D eigenvalue weighted by molar-refractivity contribution is 5.15. The summed E-state index contributed by atoms with van der Waals surface area (Å²) in [5, 5.41) is 16.4. The van der Waals surface area contributed by atoms with Gasteiger partial charge in [-0.15, -0.1) is 0 Å². The van der Waals surface area contributed by atoms with E-state index in [1.165, 1.54) is 5.56 Å². The Morgan fingerprint density at radius 3 is 2.90 bits per heavy atom. The van der Waals surface area contributed by atoms with Crippen LogP contribution in [0.25, 0.3) is 0 Å². The molecule has 3 N–H and O–H groups in total. The molecule has 2 unspecified atom stereocenters. The molecule has 2 heterocycles. The summed E-state index contributed by atoms with van der Waals surface area (Å²) < 4.78 is 2.16. The van der Waals surface area contributed by atoms with Crippen LogP contribution in [0.2, 0.25) is 0 Å². The standard InChI is InChI=1S/C16H22N4O/c21-15-10-17-8-14(15)9-18-11-16-19-6-7-20(16)12-13-4-2-1-3-5-13/h1-7,14-15,17-18,21H,8-12H2. The SMILES string of the molecule is OC1CNCC1CNCc1nccn1Cc1ccccc1. The van der Waals surface area contributed by atoms with Gasteiger partial charge in [0.1, 0.15) is 5.82 Å². The minimum atomic E-state index is -0.235. The van der Waals surface area contributed by atoms with Crippen molar-refractivity contribution >= 4 is 0 Å². The number of benzene rings is 1.